The molecule has 0 unspecified atom stereocenters. The van der Waals surface area contributed by atoms with Crippen molar-refractivity contribution in [3.05, 3.63) is 11.9 Å². The molecule has 1 aliphatic rings. The molecule has 0 aliphatic heterocycles. The number of methoxy groups -OCH3 is 1. The van der Waals surface area contributed by atoms with Crippen LogP contribution in [0.1, 0.15) is 18.5 Å². The van der Waals surface area contributed by atoms with Crippen LogP contribution in [0.15, 0.2) is 6.20 Å². The average molecular weight is 213 g/mol. The maximum atomic E-state index is 11.5. The number of carbonyl (C=O) groups excluding carboxylic acids is 1. The summed E-state index contributed by atoms with van der Waals surface area (Å²) in [6.07, 6.45) is 3.29. The van der Waals surface area contributed by atoms with Gasteiger partial charge in [-0.2, -0.15) is 12.6 Å². The lowest BCUT2D eigenvalue weighted by atomic mass is 10.3. The summed E-state index contributed by atoms with van der Waals surface area (Å²) in [6, 6.07) is 0. The van der Waals surface area contributed by atoms with Gasteiger partial charge < -0.3 is 4.74 Å². The number of aromatic nitrogens is 3. The third-order valence-corrected chi connectivity index (χ3v) is 2.75. The fraction of sp³-hybridized carbons (Fsp3) is 0.625. The maximum absolute atomic E-state index is 11.5. The van der Waals surface area contributed by atoms with Crippen LogP contribution in [0.4, 0.5) is 0 Å². The van der Waals surface area contributed by atoms with Crippen molar-refractivity contribution in [2.75, 3.05) is 7.11 Å². The fourth-order valence-corrected chi connectivity index (χ4v) is 1.56. The van der Waals surface area contributed by atoms with E-state index in [9.17, 15) is 4.79 Å². The Morgan fingerprint density at radius 2 is 2.50 bits per heavy atom. The summed E-state index contributed by atoms with van der Waals surface area (Å²) in [5, 5.41) is 7.79. The summed E-state index contributed by atoms with van der Waals surface area (Å²) in [4.78, 5) is 11.5. The van der Waals surface area contributed by atoms with Crippen LogP contribution in [0.25, 0.3) is 0 Å². The van der Waals surface area contributed by atoms with Gasteiger partial charge in [0.2, 0.25) is 0 Å². The van der Waals surface area contributed by atoms with E-state index in [4.69, 9.17) is 4.74 Å². The lowest BCUT2D eigenvalue weighted by molar-refractivity contribution is -0.146. The summed E-state index contributed by atoms with van der Waals surface area (Å²) >= 11 is 4.08. The van der Waals surface area contributed by atoms with Gasteiger partial charge in [-0.1, -0.05) is 5.21 Å². The summed E-state index contributed by atoms with van der Waals surface area (Å²) in [6.45, 7) is 0. The van der Waals surface area contributed by atoms with Gasteiger partial charge in [-0.05, 0) is 12.8 Å². The molecule has 14 heavy (non-hydrogen) atoms. The molecule has 76 valence electrons. The van der Waals surface area contributed by atoms with Gasteiger partial charge >= 0.3 is 5.97 Å². The molecule has 0 atom stereocenters. The monoisotopic (exact) mass is 213 g/mol. The SMILES string of the molecule is COC(=O)C1(n2cc(CS)nn2)CC1. The summed E-state index contributed by atoms with van der Waals surface area (Å²) in [5.74, 6) is 0.283. The Labute approximate surface area is 86.8 Å². The summed E-state index contributed by atoms with van der Waals surface area (Å²) < 4.78 is 6.32. The van der Waals surface area contributed by atoms with Gasteiger partial charge in [0.25, 0.3) is 0 Å². The second-order valence-electron chi connectivity index (χ2n) is 3.34. The largest absolute Gasteiger partial charge is 0.467 e. The van der Waals surface area contributed by atoms with Crippen molar-refractivity contribution in [3.8, 4) is 0 Å². The van der Waals surface area contributed by atoms with Gasteiger partial charge in [-0.3, -0.25) is 0 Å². The maximum Gasteiger partial charge on any atom is 0.333 e. The number of esters is 1. The second kappa shape index (κ2) is 3.27. The summed E-state index contributed by atoms with van der Waals surface area (Å²) in [7, 11) is 1.39. The Morgan fingerprint density at radius 3 is 2.93 bits per heavy atom. The van der Waals surface area contributed by atoms with E-state index in [0.717, 1.165) is 18.5 Å². The summed E-state index contributed by atoms with van der Waals surface area (Å²) in [5.41, 5.74) is 0.187. The first-order valence-electron chi connectivity index (χ1n) is 4.34. The number of ether oxygens (including phenoxy) is 1. The van der Waals surface area contributed by atoms with Crippen LogP contribution in [0.2, 0.25) is 0 Å². The molecule has 1 aromatic heterocycles. The predicted octanol–water partition coefficient (Wildman–Crippen LogP) is 0.370. The van der Waals surface area contributed by atoms with E-state index in [-0.39, 0.29) is 5.97 Å². The highest BCUT2D eigenvalue weighted by Gasteiger charge is 2.54. The van der Waals surface area contributed by atoms with Crippen molar-refractivity contribution in [2.45, 2.75) is 24.1 Å². The van der Waals surface area contributed by atoms with Crippen LogP contribution in [0, 0.1) is 0 Å². The molecule has 0 spiro atoms. The van der Waals surface area contributed by atoms with E-state index in [1.54, 1.807) is 10.9 Å². The van der Waals surface area contributed by atoms with Crippen molar-refractivity contribution in [1.82, 2.24) is 15.0 Å². The first-order valence-corrected chi connectivity index (χ1v) is 4.97. The van der Waals surface area contributed by atoms with Crippen molar-refractivity contribution in [3.63, 3.8) is 0 Å². The molecule has 0 radical (unpaired) electrons. The average Bonchev–Trinajstić information content (AvgIpc) is 2.89. The van der Waals surface area contributed by atoms with Crippen molar-refractivity contribution >= 4 is 18.6 Å². The molecule has 1 saturated carbocycles. The van der Waals surface area contributed by atoms with Crippen molar-refractivity contribution in [2.24, 2.45) is 0 Å². The first kappa shape index (κ1) is 9.51. The zero-order valence-electron chi connectivity index (χ0n) is 7.80. The normalized spacial score (nSPS) is 17.9. The van der Waals surface area contributed by atoms with Gasteiger partial charge in [0, 0.05) is 5.75 Å². The number of rotatable bonds is 3. The third kappa shape index (κ3) is 1.30. The van der Waals surface area contributed by atoms with Crippen molar-refractivity contribution in [1.29, 1.82) is 0 Å². The minimum absolute atomic E-state index is 0.242. The van der Waals surface area contributed by atoms with Crippen LogP contribution in [-0.4, -0.2) is 28.1 Å². The zero-order chi connectivity index (χ0) is 10.2. The van der Waals surface area contributed by atoms with E-state index in [1.807, 2.05) is 0 Å². The Hall–Kier alpha value is -1.04. The van der Waals surface area contributed by atoms with Crippen molar-refractivity contribution < 1.29 is 9.53 Å². The van der Waals surface area contributed by atoms with Gasteiger partial charge in [0.1, 0.15) is 0 Å². The topological polar surface area (TPSA) is 57.0 Å². The minimum atomic E-state index is -0.580. The second-order valence-corrected chi connectivity index (χ2v) is 3.65. The molecular formula is C8H11N3O2S. The predicted molar refractivity (Wildman–Crippen MR) is 51.9 cm³/mol. The molecule has 0 aromatic carbocycles. The molecule has 5 nitrogen and oxygen atoms in total. The number of nitrogens with zero attached hydrogens (tertiary/aromatic N) is 3. The fourth-order valence-electron chi connectivity index (χ4n) is 1.42. The van der Waals surface area contributed by atoms with E-state index in [2.05, 4.69) is 22.9 Å². The van der Waals surface area contributed by atoms with E-state index in [0.29, 0.717) is 5.75 Å². The molecular weight excluding hydrogens is 202 g/mol. The molecule has 0 N–H and O–H groups in total. The highest BCUT2D eigenvalue weighted by molar-refractivity contribution is 7.79. The Kier molecular flexibility index (Phi) is 2.22. The van der Waals surface area contributed by atoms with Gasteiger partial charge in [0.05, 0.1) is 19.0 Å². The number of thiol groups is 1. The Morgan fingerprint density at radius 1 is 1.79 bits per heavy atom. The van der Waals surface area contributed by atoms with Crippen LogP contribution in [0.5, 0.6) is 0 Å². The van der Waals surface area contributed by atoms with Gasteiger partial charge in [0.15, 0.2) is 5.54 Å². The number of carbonyl (C=O) groups is 1. The minimum Gasteiger partial charge on any atom is -0.467 e. The molecule has 2 rings (SSSR count). The molecule has 1 aromatic rings. The Balaban J connectivity index is 2.26. The third-order valence-electron chi connectivity index (χ3n) is 2.43. The van der Waals surface area contributed by atoms with Crippen LogP contribution < -0.4 is 0 Å². The highest BCUT2D eigenvalue weighted by Crippen LogP contribution is 2.43. The molecule has 0 amide bonds. The van der Waals surface area contributed by atoms with Gasteiger partial charge in [-0.25, -0.2) is 9.48 Å². The zero-order valence-corrected chi connectivity index (χ0v) is 8.70. The van der Waals surface area contributed by atoms with Crippen LogP contribution in [0.3, 0.4) is 0 Å². The quantitative estimate of drug-likeness (QED) is 0.582. The molecule has 1 aliphatic carbocycles. The molecule has 0 bridgehead atoms. The van der Waals surface area contributed by atoms with E-state index in [1.165, 1.54) is 7.11 Å². The lowest BCUT2D eigenvalue weighted by Gasteiger charge is -2.11. The number of hydrogen-bond donors (Lipinski definition) is 1. The molecule has 1 heterocycles. The van der Waals surface area contributed by atoms with Crippen LogP contribution in [-0.2, 0) is 20.8 Å². The molecule has 1 fully saturated rings. The first-order chi connectivity index (χ1) is 6.73. The highest BCUT2D eigenvalue weighted by atomic mass is 32.1. The number of hydrogen-bond acceptors (Lipinski definition) is 5. The van der Waals surface area contributed by atoms with E-state index < -0.39 is 5.54 Å². The smallest absolute Gasteiger partial charge is 0.333 e. The molecule has 0 saturated heterocycles. The Bertz CT molecular complexity index is 359. The standard InChI is InChI=1S/C8H11N3O2S/c1-13-7(12)8(2-3-8)11-4-6(5-14)9-10-11/h4,14H,2-3,5H2,1H3. The lowest BCUT2D eigenvalue weighted by Crippen LogP contribution is -2.29. The molecule has 6 heteroatoms. The van der Waals surface area contributed by atoms with Crippen LogP contribution >= 0.6 is 12.6 Å². The van der Waals surface area contributed by atoms with Gasteiger partial charge in [-0.15, -0.1) is 5.10 Å². The van der Waals surface area contributed by atoms with E-state index >= 15 is 0 Å².